The molecule has 3 heterocycles. The van der Waals surface area contributed by atoms with Crippen LogP contribution in [0.4, 0.5) is 5.82 Å². The zero-order valence-electron chi connectivity index (χ0n) is 10.9. The van der Waals surface area contributed by atoms with Crippen molar-refractivity contribution in [2.45, 2.75) is 31.9 Å². The SMILES string of the molecule is COC1CCN(c2nc(Cl)nc3[nH]ncc23)C(C)C1. The lowest BCUT2D eigenvalue weighted by atomic mass is 10.0. The zero-order chi connectivity index (χ0) is 13.4. The Balaban J connectivity index is 1.98. The maximum atomic E-state index is 5.98. The molecule has 0 amide bonds. The summed E-state index contributed by atoms with van der Waals surface area (Å²) in [6.45, 7) is 3.07. The standard InChI is InChI=1S/C12H16ClN5O/c1-7-5-8(19-2)3-4-18(7)11-9-6-14-17-10(9)15-12(13)16-11/h6-8H,3-5H2,1-2H3,(H,14,15,16,17). The van der Waals surface area contributed by atoms with Crippen molar-refractivity contribution in [1.29, 1.82) is 0 Å². The summed E-state index contributed by atoms with van der Waals surface area (Å²) in [5.74, 6) is 0.853. The molecule has 1 aliphatic heterocycles. The number of fused-ring (bicyclic) bond motifs is 1. The van der Waals surface area contributed by atoms with Gasteiger partial charge in [-0.05, 0) is 31.4 Å². The highest BCUT2D eigenvalue weighted by atomic mass is 35.5. The average molecular weight is 282 g/mol. The highest BCUT2D eigenvalue weighted by molar-refractivity contribution is 6.28. The number of piperidine rings is 1. The molecule has 0 saturated carbocycles. The molecular weight excluding hydrogens is 266 g/mol. The van der Waals surface area contributed by atoms with Gasteiger partial charge in [-0.15, -0.1) is 0 Å². The van der Waals surface area contributed by atoms with Crippen LogP contribution in [0.1, 0.15) is 19.8 Å². The Morgan fingerprint density at radius 2 is 2.32 bits per heavy atom. The van der Waals surface area contributed by atoms with Crippen LogP contribution in [0.2, 0.25) is 5.28 Å². The van der Waals surface area contributed by atoms with Gasteiger partial charge in [0.15, 0.2) is 5.65 Å². The van der Waals surface area contributed by atoms with Gasteiger partial charge >= 0.3 is 0 Å². The van der Waals surface area contributed by atoms with Crippen LogP contribution in [0, 0.1) is 0 Å². The van der Waals surface area contributed by atoms with Crippen LogP contribution < -0.4 is 4.90 Å². The summed E-state index contributed by atoms with van der Waals surface area (Å²) in [5.41, 5.74) is 0.677. The van der Waals surface area contributed by atoms with Crippen LogP contribution in [0.5, 0.6) is 0 Å². The van der Waals surface area contributed by atoms with Crippen molar-refractivity contribution in [2.24, 2.45) is 0 Å². The van der Waals surface area contributed by atoms with E-state index in [1.807, 2.05) is 0 Å². The first-order valence-corrected chi connectivity index (χ1v) is 6.73. The first-order chi connectivity index (χ1) is 9.19. The molecule has 2 aromatic rings. The Morgan fingerprint density at radius 3 is 3.05 bits per heavy atom. The molecule has 1 saturated heterocycles. The lowest BCUT2D eigenvalue weighted by Crippen LogP contribution is -2.43. The van der Waals surface area contributed by atoms with E-state index < -0.39 is 0 Å². The van der Waals surface area contributed by atoms with Gasteiger partial charge < -0.3 is 9.64 Å². The third kappa shape index (κ3) is 2.26. The lowest BCUT2D eigenvalue weighted by Gasteiger charge is -2.38. The summed E-state index contributed by atoms with van der Waals surface area (Å²) in [5, 5.41) is 8.01. The number of H-pyrrole nitrogens is 1. The third-order valence-corrected chi connectivity index (χ3v) is 3.86. The molecule has 2 aromatic heterocycles. The fourth-order valence-corrected chi connectivity index (χ4v) is 2.83. The molecule has 0 spiro atoms. The number of anilines is 1. The van der Waals surface area contributed by atoms with Gasteiger partial charge in [0.05, 0.1) is 17.7 Å². The summed E-state index contributed by atoms with van der Waals surface area (Å²) < 4.78 is 5.44. The molecule has 102 valence electrons. The number of ether oxygens (including phenoxy) is 1. The Kier molecular flexibility index (Phi) is 3.28. The topological polar surface area (TPSA) is 66.9 Å². The molecule has 7 heteroatoms. The molecule has 3 rings (SSSR count). The van der Waals surface area contributed by atoms with Gasteiger partial charge in [0.2, 0.25) is 5.28 Å². The van der Waals surface area contributed by atoms with Crippen molar-refractivity contribution >= 4 is 28.5 Å². The molecule has 1 aliphatic rings. The second-order valence-electron chi connectivity index (χ2n) is 4.87. The predicted octanol–water partition coefficient (Wildman–Crippen LogP) is 2.01. The number of rotatable bonds is 2. The van der Waals surface area contributed by atoms with Crippen molar-refractivity contribution in [3.8, 4) is 0 Å². The predicted molar refractivity (Wildman–Crippen MR) is 73.5 cm³/mol. The van der Waals surface area contributed by atoms with E-state index in [0.717, 1.165) is 30.6 Å². The normalized spacial score (nSPS) is 24.1. The van der Waals surface area contributed by atoms with E-state index in [1.54, 1.807) is 13.3 Å². The van der Waals surface area contributed by atoms with Crippen molar-refractivity contribution in [3.05, 3.63) is 11.5 Å². The minimum absolute atomic E-state index is 0.243. The maximum Gasteiger partial charge on any atom is 0.226 e. The summed E-state index contributed by atoms with van der Waals surface area (Å²) in [6.07, 6.45) is 4.04. The number of aromatic amines is 1. The quantitative estimate of drug-likeness (QED) is 0.853. The lowest BCUT2D eigenvalue weighted by molar-refractivity contribution is 0.0720. The molecule has 0 bridgehead atoms. The molecule has 19 heavy (non-hydrogen) atoms. The van der Waals surface area contributed by atoms with E-state index >= 15 is 0 Å². The van der Waals surface area contributed by atoms with E-state index in [9.17, 15) is 0 Å². The summed E-state index contributed by atoms with van der Waals surface area (Å²) in [7, 11) is 1.77. The van der Waals surface area contributed by atoms with Gasteiger partial charge in [0.25, 0.3) is 0 Å². The number of nitrogens with one attached hydrogen (secondary N) is 1. The van der Waals surface area contributed by atoms with Crippen molar-refractivity contribution in [2.75, 3.05) is 18.6 Å². The summed E-state index contributed by atoms with van der Waals surface area (Å²) in [6, 6.07) is 0.350. The largest absolute Gasteiger partial charge is 0.381 e. The maximum absolute atomic E-state index is 5.98. The minimum Gasteiger partial charge on any atom is -0.381 e. The smallest absolute Gasteiger partial charge is 0.226 e. The van der Waals surface area contributed by atoms with E-state index in [0.29, 0.717) is 17.8 Å². The van der Waals surface area contributed by atoms with Crippen molar-refractivity contribution in [1.82, 2.24) is 20.2 Å². The Hall–Kier alpha value is -1.40. The minimum atomic E-state index is 0.243. The van der Waals surface area contributed by atoms with Gasteiger partial charge in [-0.1, -0.05) is 0 Å². The van der Waals surface area contributed by atoms with Crippen LogP contribution >= 0.6 is 11.6 Å². The van der Waals surface area contributed by atoms with Gasteiger partial charge in [-0.25, -0.2) is 0 Å². The highest BCUT2D eigenvalue weighted by Gasteiger charge is 2.28. The monoisotopic (exact) mass is 281 g/mol. The number of nitrogens with zero attached hydrogens (tertiary/aromatic N) is 4. The highest BCUT2D eigenvalue weighted by Crippen LogP contribution is 2.30. The molecule has 2 atom stereocenters. The average Bonchev–Trinajstić information content (AvgIpc) is 2.85. The van der Waals surface area contributed by atoms with E-state index in [-0.39, 0.29) is 5.28 Å². The van der Waals surface area contributed by atoms with Gasteiger partial charge in [0.1, 0.15) is 5.82 Å². The van der Waals surface area contributed by atoms with Gasteiger partial charge in [-0.3, -0.25) is 5.10 Å². The summed E-state index contributed by atoms with van der Waals surface area (Å²) in [4.78, 5) is 10.8. The second-order valence-corrected chi connectivity index (χ2v) is 5.21. The Labute approximate surface area is 116 Å². The van der Waals surface area contributed by atoms with E-state index in [2.05, 4.69) is 32.0 Å². The molecule has 2 unspecified atom stereocenters. The molecule has 0 radical (unpaired) electrons. The number of halogens is 1. The molecule has 1 fully saturated rings. The van der Waals surface area contributed by atoms with Crippen LogP contribution in [-0.4, -0.2) is 46.0 Å². The molecule has 6 nitrogen and oxygen atoms in total. The van der Waals surface area contributed by atoms with Gasteiger partial charge in [0, 0.05) is 19.7 Å². The fourth-order valence-electron chi connectivity index (χ4n) is 2.67. The number of hydrogen-bond acceptors (Lipinski definition) is 5. The third-order valence-electron chi connectivity index (χ3n) is 3.70. The van der Waals surface area contributed by atoms with Crippen molar-refractivity contribution < 1.29 is 4.74 Å². The van der Waals surface area contributed by atoms with Crippen LogP contribution in [0.15, 0.2) is 6.20 Å². The molecular formula is C12H16ClN5O. The van der Waals surface area contributed by atoms with Crippen molar-refractivity contribution in [3.63, 3.8) is 0 Å². The zero-order valence-corrected chi connectivity index (χ0v) is 11.7. The second kappa shape index (κ2) is 4.94. The molecule has 1 N–H and O–H groups in total. The first-order valence-electron chi connectivity index (χ1n) is 6.35. The molecule has 0 aliphatic carbocycles. The first kappa shape index (κ1) is 12.6. The van der Waals surface area contributed by atoms with Gasteiger partial charge in [-0.2, -0.15) is 15.1 Å². The fraction of sp³-hybridized carbons (Fsp3) is 0.583. The van der Waals surface area contributed by atoms with E-state index in [1.165, 1.54) is 0 Å². The number of methoxy groups -OCH3 is 1. The Morgan fingerprint density at radius 1 is 1.47 bits per heavy atom. The molecule has 0 aromatic carbocycles. The van der Waals surface area contributed by atoms with Crippen LogP contribution in [0.3, 0.4) is 0 Å². The van der Waals surface area contributed by atoms with Crippen LogP contribution in [0.25, 0.3) is 11.0 Å². The van der Waals surface area contributed by atoms with Crippen LogP contribution in [-0.2, 0) is 4.74 Å². The Bertz CT molecular complexity index is 587. The number of hydrogen-bond donors (Lipinski definition) is 1. The number of aromatic nitrogens is 4. The van der Waals surface area contributed by atoms with E-state index in [4.69, 9.17) is 16.3 Å². The summed E-state index contributed by atoms with van der Waals surface area (Å²) >= 11 is 5.98.